The molecule has 1 fully saturated rings. The van der Waals surface area contributed by atoms with Crippen LogP contribution in [0.5, 0.6) is 0 Å². The molecule has 1 heterocycles. The third-order valence-corrected chi connectivity index (χ3v) is 3.77. The smallest absolute Gasteiger partial charge is 0.334 e. The van der Waals surface area contributed by atoms with Crippen LogP contribution in [0.25, 0.3) is 0 Å². The zero-order chi connectivity index (χ0) is 11.6. The molecule has 16 heavy (non-hydrogen) atoms. The molecule has 1 aliphatic rings. The summed E-state index contributed by atoms with van der Waals surface area (Å²) in [4.78, 5) is 11.4. The largest absolute Gasteiger partial charge is 0.454 e. The molecule has 1 aromatic carbocycles. The van der Waals surface area contributed by atoms with E-state index >= 15 is 0 Å². The van der Waals surface area contributed by atoms with Gasteiger partial charge in [-0.3, -0.25) is 0 Å². The number of benzene rings is 1. The number of carbonyl (C=O) groups excluding carboxylic acids is 1. The average Bonchev–Trinajstić information content (AvgIpc) is 2.56. The van der Waals surface area contributed by atoms with Gasteiger partial charge in [-0.15, -0.1) is 0 Å². The second kappa shape index (κ2) is 4.42. The highest BCUT2D eigenvalue weighted by Crippen LogP contribution is 2.34. The summed E-state index contributed by atoms with van der Waals surface area (Å²) >= 11 is 3.43. The summed E-state index contributed by atoms with van der Waals surface area (Å²) in [6.07, 6.45) is 1.33. The highest BCUT2D eigenvalue weighted by molar-refractivity contribution is 9.09. The minimum Gasteiger partial charge on any atom is -0.454 e. The van der Waals surface area contributed by atoms with Crippen LogP contribution in [0.2, 0.25) is 0 Å². The molecular weight excluding hydrogens is 268 g/mol. The van der Waals surface area contributed by atoms with Gasteiger partial charge in [-0.25, -0.2) is 4.79 Å². The Morgan fingerprint density at radius 3 is 2.56 bits per heavy atom. The molecule has 0 radical (unpaired) electrons. The molecule has 1 aromatic rings. The van der Waals surface area contributed by atoms with E-state index in [-0.39, 0.29) is 5.97 Å². The molecule has 2 nitrogen and oxygen atoms in total. The van der Waals surface area contributed by atoms with Gasteiger partial charge >= 0.3 is 5.97 Å². The SMILES string of the molecule is C=C1CC(CBr)(Cc2ccccc2)OC1=O. The Kier molecular flexibility index (Phi) is 3.15. The lowest BCUT2D eigenvalue weighted by Crippen LogP contribution is -2.33. The molecule has 0 aromatic heterocycles. The maximum Gasteiger partial charge on any atom is 0.334 e. The molecule has 2 rings (SSSR count). The number of cyclic esters (lactones) is 1. The van der Waals surface area contributed by atoms with E-state index in [2.05, 4.69) is 22.5 Å². The van der Waals surface area contributed by atoms with Crippen molar-refractivity contribution in [1.82, 2.24) is 0 Å². The molecule has 3 heteroatoms. The first-order chi connectivity index (χ1) is 7.65. The first-order valence-electron chi connectivity index (χ1n) is 5.16. The molecule has 1 unspecified atom stereocenters. The molecule has 1 saturated heterocycles. The van der Waals surface area contributed by atoms with Crippen molar-refractivity contribution in [1.29, 1.82) is 0 Å². The maximum absolute atomic E-state index is 11.4. The van der Waals surface area contributed by atoms with E-state index in [1.165, 1.54) is 5.56 Å². The third kappa shape index (κ3) is 2.19. The molecule has 1 aliphatic heterocycles. The van der Waals surface area contributed by atoms with E-state index in [4.69, 9.17) is 4.74 Å². The zero-order valence-corrected chi connectivity index (χ0v) is 10.5. The standard InChI is InChI=1S/C13H13BrO2/c1-10-7-13(9-14,16-12(10)15)8-11-5-3-2-4-6-11/h2-6H,1,7-9H2. The summed E-state index contributed by atoms with van der Waals surface area (Å²) in [6.45, 7) is 3.72. The van der Waals surface area contributed by atoms with Crippen molar-refractivity contribution in [2.24, 2.45) is 0 Å². The van der Waals surface area contributed by atoms with Crippen molar-refractivity contribution in [2.45, 2.75) is 18.4 Å². The van der Waals surface area contributed by atoms with Gasteiger partial charge in [-0.2, -0.15) is 0 Å². The summed E-state index contributed by atoms with van der Waals surface area (Å²) < 4.78 is 5.43. The van der Waals surface area contributed by atoms with Gasteiger partial charge < -0.3 is 4.74 Å². The zero-order valence-electron chi connectivity index (χ0n) is 8.91. The summed E-state index contributed by atoms with van der Waals surface area (Å²) in [6, 6.07) is 10.0. The molecular formula is C13H13BrO2. The molecule has 0 bridgehead atoms. The normalized spacial score (nSPS) is 24.6. The molecule has 0 spiro atoms. The van der Waals surface area contributed by atoms with Gasteiger partial charge in [0.05, 0.1) is 0 Å². The Balaban J connectivity index is 2.18. The highest BCUT2D eigenvalue weighted by Gasteiger charge is 2.41. The monoisotopic (exact) mass is 280 g/mol. The van der Waals surface area contributed by atoms with E-state index in [1.807, 2.05) is 30.3 Å². The van der Waals surface area contributed by atoms with Crippen LogP contribution in [0, 0.1) is 0 Å². The van der Waals surface area contributed by atoms with Crippen LogP contribution in [-0.2, 0) is 16.0 Å². The summed E-state index contributed by atoms with van der Waals surface area (Å²) in [7, 11) is 0. The Labute approximate surface area is 103 Å². The number of ether oxygens (including phenoxy) is 1. The third-order valence-electron chi connectivity index (χ3n) is 2.75. The maximum atomic E-state index is 11.4. The second-order valence-corrected chi connectivity index (χ2v) is 4.71. The highest BCUT2D eigenvalue weighted by atomic mass is 79.9. The lowest BCUT2D eigenvalue weighted by Gasteiger charge is -2.24. The number of carbonyl (C=O) groups is 1. The number of esters is 1. The van der Waals surface area contributed by atoms with Gasteiger partial charge in [-0.05, 0) is 5.56 Å². The second-order valence-electron chi connectivity index (χ2n) is 4.15. The van der Waals surface area contributed by atoms with Crippen molar-refractivity contribution < 1.29 is 9.53 Å². The first kappa shape index (κ1) is 11.4. The number of hydrogen-bond donors (Lipinski definition) is 0. The van der Waals surface area contributed by atoms with Crippen LogP contribution in [0.15, 0.2) is 42.5 Å². The summed E-state index contributed by atoms with van der Waals surface area (Å²) in [5, 5.41) is 0.639. The lowest BCUT2D eigenvalue weighted by molar-refractivity contribution is -0.144. The first-order valence-corrected chi connectivity index (χ1v) is 6.28. The fourth-order valence-electron chi connectivity index (χ4n) is 1.95. The van der Waals surface area contributed by atoms with Gasteiger partial charge in [0.1, 0.15) is 5.60 Å². The fraction of sp³-hybridized carbons (Fsp3) is 0.308. The molecule has 84 valence electrons. The molecule has 0 aliphatic carbocycles. The predicted molar refractivity (Wildman–Crippen MR) is 66.5 cm³/mol. The van der Waals surface area contributed by atoms with Crippen LogP contribution in [0.4, 0.5) is 0 Å². The fourth-order valence-corrected chi connectivity index (χ4v) is 2.47. The van der Waals surface area contributed by atoms with Gasteiger partial charge in [0.15, 0.2) is 0 Å². The van der Waals surface area contributed by atoms with Crippen LogP contribution in [-0.4, -0.2) is 16.9 Å². The van der Waals surface area contributed by atoms with E-state index < -0.39 is 5.60 Å². The van der Waals surface area contributed by atoms with Gasteiger partial charge in [-0.1, -0.05) is 52.8 Å². The summed E-state index contributed by atoms with van der Waals surface area (Å²) in [5.41, 5.74) is 1.29. The van der Waals surface area contributed by atoms with Crippen molar-refractivity contribution >= 4 is 21.9 Å². The van der Waals surface area contributed by atoms with Crippen molar-refractivity contribution in [3.8, 4) is 0 Å². The molecule has 0 saturated carbocycles. The van der Waals surface area contributed by atoms with E-state index in [0.717, 1.165) is 6.42 Å². The number of hydrogen-bond acceptors (Lipinski definition) is 2. The van der Waals surface area contributed by atoms with Crippen LogP contribution >= 0.6 is 15.9 Å². The molecule has 1 atom stereocenters. The van der Waals surface area contributed by atoms with Crippen LogP contribution in [0.1, 0.15) is 12.0 Å². The Bertz CT molecular complexity index is 395. The van der Waals surface area contributed by atoms with Crippen LogP contribution in [0.3, 0.4) is 0 Å². The molecule has 0 N–H and O–H groups in total. The Morgan fingerprint density at radius 1 is 1.38 bits per heavy atom. The number of alkyl halides is 1. The average molecular weight is 281 g/mol. The van der Waals surface area contributed by atoms with Crippen molar-refractivity contribution in [2.75, 3.05) is 5.33 Å². The topological polar surface area (TPSA) is 26.3 Å². The lowest BCUT2D eigenvalue weighted by atomic mass is 9.92. The van der Waals surface area contributed by atoms with Crippen molar-refractivity contribution in [3.05, 3.63) is 48.0 Å². The molecule has 0 amide bonds. The Hall–Kier alpha value is -1.09. The van der Waals surface area contributed by atoms with Gasteiger partial charge in [0.2, 0.25) is 0 Å². The number of halogens is 1. The van der Waals surface area contributed by atoms with E-state index in [0.29, 0.717) is 17.3 Å². The van der Waals surface area contributed by atoms with E-state index in [9.17, 15) is 4.79 Å². The predicted octanol–water partition coefficient (Wildman–Crippen LogP) is 2.87. The minimum atomic E-state index is -0.449. The quantitative estimate of drug-likeness (QED) is 0.484. The summed E-state index contributed by atoms with van der Waals surface area (Å²) in [5.74, 6) is -0.268. The van der Waals surface area contributed by atoms with Gasteiger partial charge in [0, 0.05) is 23.7 Å². The minimum absolute atomic E-state index is 0.268. The van der Waals surface area contributed by atoms with Crippen molar-refractivity contribution in [3.63, 3.8) is 0 Å². The van der Waals surface area contributed by atoms with E-state index in [1.54, 1.807) is 0 Å². The number of rotatable bonds is 3. The Morgan fingerprint density at radius 2 is 2.06 bits per heavy atom. The van der Waals surface area contributed by atoms with Gasteiger partial charge in [0.25, 0.3) is 0 Å². The van der Waals surface area contributed by atoms with Crippen LogP contribution < -0.4 is 0 Å².